The highest BCUT2D eigenvalue weighted by Gasteiger charge is 2.11. The number of ether oxygens (including phenoxy) is 1. The third-order valence-electron chi connectivity index (χ3n) is 3.79. The van der Waals surface area contributed by atoms with E-state index in [0.29, 0.717) is 28.6 Å². The van der Waals surface area contributed by atoms with E-state index in [4.69, 9.17) is 15.0 Å². The molecule has 0 aliphatic heterocycles. The minimum atomic E-state index is -3.18. The molecule has 7 heteroatoms. The Bertz CT molecular complexity index is 946. The van der Waals surface area contributed by atoms with Crippen molar-refractivity contribution in [2.45, 2.75) is 18.4 Å². The molecule has 3 rings (SSSR count). The van der Waals surface area contributed by atoms with E-state index in [9.17, 15) is 8.42 Å². The molecule has 6 nitrogen and oxygen atoms in total. The monoisotopic (exact) mass is 358 g/mol. The van der Waals surface area contributed by atoms with Crippen LogP contribution in [-0.2, 0) is 16.4 Å². The second-order valence-electron chi connectivity index (χ2n) is 5.48. The van der Waals surface area contributed by atoms with Gasteiger partial charge in [-0.2, -0.15) is 0 Å². The highest BCUT2D eigenvalue weighted by molar-refractivity contribution is 7.91. The summed E-state index contributed by atoms with van der Waals surface area (Å²) in [6, 6.07) is 14.1. The first-order chi connectivity index (χ1) is 12.0. The van der Waals surface area contributed by atoms with Gasteiger partial charge in [0.15, 0.2) is 9.84 Å². The molecule has 0 atom stereocenters. The third kappa shape index (κ3) is 3.83. The van der Waals surface area contributed by atoms with Crippen LogP contribution in [0.25, 0.3) is 11.3 Å². The van der Waals surface area contributed by atoms with Crippen molar-refractivity contribution >= 4 is 15.5 Å². The summed E-state index contributed by atoms with van der Waals surface area (Å²) < 4.78 is 34.1. The Morgan fingerprint density at radius 2 is 1.76 bits per heavy atom. The van der Waals surface area contributed by atoms with E-state index < -0.39 is 9.84 Å². The summed E-state index contributed by atoms with van der Waals surface area (Å²) in [4.78, 5) is 0.327. The Hall–Kier alpha value is -2.80. The Labute approximate surface area is 146 Å². The molecule has 0 aliphatic rings. The molecular formula is C18H18N2O4S. The highest BCUT2D eigenvalue weighted by atomic mass is 32.2. The Kier molecular flexibility index (Phi) is 4.76. The van der Waals surface area contributed by atoms with Crippen LogP contribution in [0.3, 0.4) is 0 Å². The number of aromatic nitrogens is 1. The van der Waals surface area contributed by atoms with Gasteiger partial charge in [0.05, 0.1) is 10.6 Å². The van der Waals surface area contributed by atoms with E-state index in [1.807, 2.05) is 24.3 Å². The molecule has 0 saturated carbocycles. The number of hydrogen-bond acceptors (Lipinski definition) is 6. The minimum Gasteiger partial charge on any atom is -0.489 e. The van der Waals surface area contributed by atoms with Crippen molar-refractivity contribution < 1.29 is 17.7 Å². The summed E-state index contributed by atoms with van der Waals surface area (Å²) in [6.07, 6.45) is 1.39. The summed E-state index contributed by atoms with van der Waals surface area (Å²) in [5.41, 5.74) is 8.58. The molecule has 0 fully saturated rings. The molecule has 0 spiro atoms. The van der Waals surface area contributed by atoms with Gasteiger partial charge >= 0.3 is 0 Å². The van der Waals surface area contributed by atoms with Crippen LogP contribution in [0, 0.1) is 0 Å². The Morgan fingerprint density at radius 1 is 1.08 bits per heavy atom. The maximum atomic E-state index is 11.8. The molecule has 0 amide bonds. The van der Waals surface area contributed by atoms with Crippen LogP contribution in [0.1, 0.15) is 12.5 Å². The SMILES string of the molecule is CCS(=O)(=O)c1ccc(COc2ccc(-c3nocc3N)cc2)cc1. The molecule has 0 saturated heterocycles. The van der Waals surface area contributed by atoms with Crippen molar-refractivity contribution in [3.63, 3.8) is 0 Å². The fourth-order valence-corrected chi connectivity index (χ4v) is 3.18. The number of benzene rings is 2. The standard InChI is InChI=1S/C18H18N2O4S/c1-2-25(21,22)16-9-3-13(4-10-16)11-23-15-7-5-14(6-8-15)18-17(19)12-24-20-18/h3-10,12H,2,11,19H2,1H3. The maximum absolute atomic E-state index is 11.8. The van der Waals surface area contributed by atoms with Crippen LogP contribution in [0.5, 0.6) is 5.75 Å². The van der Waals surface area contributed by atoms with Crippen molar-refractivity contribution in [2.75, 3.05) is 11.5 Å². The molecular weight excluding hydrogens is 340 g/mol. The summed E-state index contributed by atoms with van der Waals surface area (Å²) in [7, 11) is -3.18. The predicted octanol–water partition coefficient (Wildman–Crippen LogP) is 3.30. The van der Waals surface area contributed by atoms with Crippen LogP contribution in [0.15, 0.2) is 64.2 Å². The molecule has 0 aliphatic carbocycles. The van der Waals surface area contributed by atoms with E-state index in [0.717, 1.165) is 11.1 Å². The first-order valence-electron chi connectivity index (χ1n) is 7.74. The molecule has 130 valence electrons. The van der Waals surface area contributed by atoms with Gasteiger partial charge in [0, 0.05) is 5.56 Å². The van der Waals surface area contributed by atoms with Gasteiger partial charge < -0.3 is 15.0 Å². The van der Waals surface area contributed by atoms with Crippen molar-refractivity contribution in [3.05, 3.63) is 60.4 Å². The zero-order valence-corrected chi connectivity index (χ0v) is 14.5. The normalized spacial score (nSPS) is 11.4. The van der Waals surface area contributed by atoms with Gasteiger partial charge in [0.2, 0.25) is 0 Å². The molecule has 0 bridgehead atoms. The van der Waals surface area contributed by atoms with E-state index in [-0.39, 0.29) is 5.75 Å². The van der Waals surface area contributed by atoms with Gasteiger partial charge in [-0.25, -0.2) is 8.42 Å². The van der Waals surface area contributed by atoms with Gasteiger partial charge in [-0.1, -0.05) is 24.2 Å². The zero-order chi connectivity index (χ0) is 17.9. The topological polar surface area (TPSA) is 95.4 Å². The first kappa shape index (κ1) is 17.0. The second-order valence-corrected chi connectivity index (χ2v) is 7.76. The predicted molar refractivity (Wildman–Crippen MR) is 94.9 cm³/mol. The van der Waals surface area contributed by atoms with Crippen LogP contribution in [0.2, 0.25) is 0 Å². The average molecular weight is 358 g/mol. The van der Waals surface area contributed by atoms with Crippen LogP contribution in [0.4, 0.5) is 5.69 Å². The fraction of sp³-hybridized carbons (Fsp3) is 0.167. The number of nitrogens with two attached hydrogens (primary N) is 1. The van der Waals surface area contributed by atoms with E-state index in [1.165, 1.54) is 6.26 Å². The van der Waals surface area contributed by atoms with Gasteiger partial charge in [0.25, 0.3) is 0 Å². The molecule has 1 heterocycles. The summed E-state index contributed by atoms with van der Waals surface area (Å²) in [5.74, 6) is 0.779. The molecule has 2 N–H and O–H groups in total. The lowest BCUT2D eigenvalue weighted by Gasteiger charge is -2.08. The lowest BCUT2D eigenvalue weighted by Crippen LogP contribution is -2.04. The van der Waals surface area contributed by atoms with E-state index in [1.54, 1.807) is 31.2 Å². The number of anilines is 1. The maximum Gasteiger partial charge on any atom is 0.178 e. The quantitative estimate of drug-likeness (QED) is 0.726. The largest absolute Gasteiger partial charge is 0.489 e. The van der Waals surface area contributed by atoms with Gasteiger partial charge in [-0.15, -0.1) is 0 Å². The molecule has 1 aromatic heterocycles. The molecule has 2 aromatic carbocycles. The Balaban J connectivity index is 1.65. The van der Waals surface area contributed by atoms with Crippen molar-refractivity contribution in [3.8, 4) is 17.0 Å². The molecule has 25 heavy (non-hydrogen) atoms. The third-order valence-corrected chi connectivity index (χ3v) is 5.54. The summed E-state index contributed by atoms with van der Waals surface area (Å²) >= 11 is 0. The second kappa shape index (κ2) is 6.98. The van der Waals surface area contributed by atoms with Gasteiger partial charge in [-0.05, 0) is 42.0 Å². The van der Waals surface area contributed by atoms with Crippen molar-refractivity contribution in [1.29, 1.82) is 0 Å². The van der Waals surface area contributed by atoms with E-state index >= 15 is 0 Å². The number of nitrogens with zero attached hydrogens (tertiary/aromatic N) is 1. The number of nitrogen functional groups attached to an aromatic ring is 1. The fourth-order valence-electron chi connectivity index (χ4n) is 2.30. The molecule has 3 aromatic rings. The molecule has 0 unspecified atom stereocenters. The lowest BCUT2D eigenvalue weighted by atomic mass is 10.1. The van der Waals surface area contributed by atoms with Crippen LogP contribution >= 0.6 is 0 Å². The average Bonchev–Trinajstić information content (AvgIpc) is 3.07. The van der Waals surface area contributed by atoms with Crippen molar-refractivity contribution in [2.24, 2.45) is 0 Å². The molecule has 0 radical (unpaired) electrons. The highest BCUT2D eigenvalue weighted by Crippen LogP contribution is 2.26. The first-order valence-corrected chi connectivity index (χ1v) is 9.39. The number of rotatable bonds is 6. The van der Waals surface area contributed by atoms with Crippen molar-refractivity contribution in [1.82, 2.24) is 5.16 Å². The number of sulfone groups is 1. The zero-order valence-electron chi connectivity index (χ0n) is 13.7. The Morgan fingerprint density at radius 3 is 2.32 bits per heavy atom. The van der Waals surface area contributed by atoms with Gasteiger partial charge in [0.1, 0.15) is 30.0 Å². The number of hydrogen-bond donors (Lipinski definition) is 1. The lowest BCUT2D eigenvalue weighted by molar-refractivity contribution is 0.306. The van der Waals surface area contributed by atoms with E-state index in [2.05, 4.69) is 5.16 Å². The summed E-state index contributed by atoms with van der Waals surface area (Å²) in [6.45, 7) is 1.97. The minimum absolute atomic E-state index is 0.0885. The van der Waals surface area contributed by atoms with Crippen LogP contribution < -0.4 is 10.5 Å². The summed E-state index contributed by atoms with van der Waals surface area (Å²) in [5, 5.41) is 3.85. The van der Waals surface area contributed by atoms with Gasteiger partial charge in [-0.3, -0.25) is 0 Å². The van der Waals surface area contributed by atoms with Crippen LogP contribution in [-0.4, -0.2) is 19.3 Å². The smallest absolute Gasteiger partial charge is 0.178 e.